The van der Waals surface area contributed by atoms with Crippen molar-refractivity contribution in [3.8, 4) is 0 Å². The van der Waals surface area contributed by atoms with Crippen LogP contribution < -0.4 is 4.90 Å². The fourth-order valence-electron chi connectivity index (χ4n) is 3.35. The molecule has 20 heavy (non-hydrogen) atoms. The summed E-state index contributed by atoms with van der Waals surface area (Å²) in [7, 11) is 0. The summed E-state index contributed by atoms with van der Waals surface area (Å²) in [5.74, 6) is 1.03. The number of hydrogen-bond acceptors (Lipinski definition) is 5. The van der Waals surface area contributed by atoms with Gasteiger partial charge in [0.05, 0.1) is 11.0 Å². The maximum absolute atomic E-state index is 10.2. The summed E-state index contributed by atoms with van der Waals surface area (Å²) in [6.45, 7) is 3.43. The third-order valence-electron chi connectivity index (χ3n) is 4.66. The molecule has 106 valence electrons. The van der Waals surface area contributed by atoms with E-state index in [1.54, 1.807) is 6.33 Å². The van der Waals surface area contributed by atoms with Crippen molar-refractivity contribution in [2.24, 2.45) is 0 Å². The van der Waals surface area contributed by atoms with E-state index in [1.165, 1.54) is 35.1 Å². The van der Waals surface area contributed by atoms with Crippen LogP contribution in [-0.4, -0.2) is 33.8 Å². The summed E-state index contributed by atoms with van der Waals surface area (Å²) in [4.78, 5) is 13.8. The number of aryl methyl sites for hydroxylation is 2. The molecule has 1 aliphatic carbocycles. The molecule has 4 nitrogen and oxygen atoms in total. The van der Waals surface area contributed by atoms with Crippen LogP contribution in [0.2, 0.25) is 0 Å². The predicted octanol–water partition coefficient (Wildman–Crippen LogP) is 2.53. The summed E-state index contributed by atoms with van der Waals surface area (Å²) in [6.07, 6.45) is 7.38. The van der Waals surface area contributed by atoms with E-state index in [9.17, 15) is 5.11 Å². The molecule has 0 radical (unpaired) electrons. The molecule has 3 heterocycles. The van der Waals surface area contributed by atoms with Gasteiger partial charge in [0.15, 0.2) is 0 Å². The van der Waals surface area contributed by atoms with Crippen molar-refractivity contribution in [1.29, 1.82) is 0 Å². The lowest BCUT2D eigenvalue weighted by molar-refractivity contribution is 0.00823. The van der Waals surface area contributed by atoms with Gasteiger partial charge in [0.2, 0.25) is 0 Å². The number of aromatic nitrogens is 2. The lowest BCUT2D eigenvalue weighted by Gasteiger charge is -2.47. The number of rotatable bonds is 2. The highest BCUT2D eigenvalue weighted by Gasteiger charge is 2.41. The molecule has 4 rings (SSSR count). The summed E-state index contributed by atoms with van der Waals surface area (Å²) in [5.41, 5.74) is 0.951. The van der Waals surface area contributed by atoms with Crippen LogP contribution in [0.5, 0.6) is 0 Å². The Bertz CT molecular complexity index is 660. The fourth-order valence-corrected chi connectivity index (χ4v) is 4.57. The minimum atomic E-state index is -0.520. The van der Waals surface area contributed by atoms with Crippen molar-refractivity contribution in [3.05, 3.63) is 16.8 Å². The van der Waals surface area contributed by atoms with Gasteiger partial charge in [-0.3, -0.25) is 0 Å². The highest BCUT2D eigenvalue weighted by Crippen LogP contribution is 2.41. The Morgan fingerprint density at radius 1 is 1.30 bits per heavy atom. The average molecular weight is 289 g/mol. The van der Waals surface area contributed by atoms with E-state index < -0.39 is 5.60 Å². The molecule has 2 aliphatic rings. The van der Waals surface area contributed by atoms with Crippen molar-refractivity contribution in [1.82, 2.24) is 9.97 Å². The largest absolute Gasteiger partial charge is 0.386 e. The second-order valence-electron chi connectivity index (χ2n) is 6.02. The summed E-state index contributed by atoms with van der Waals surface area (Å²) >= 11 is 1.83. The number of thiophene rings is 1. The number of anilines is 1. The Balaban J connectivity index is 1.78. The number of β-amino-alcohol motifs (C(OH)–C–C–N with tert-alkyl or cyclic N) is 1. The fraction of sp³-hybridized carbons (Fsp3) is 0.600. The van der Waals surface area contributed by atoms with Gasteiger partial charge in [0.25, 0.3) is 0 Å². The first-order valence-corrected chi connectivity index (χ1v) is 8.24. The molecule has 0 bridgehead atoms. The van der Waals surface area contributed by atoms with Gasteiger partial charge in [-0.25, -0.2) is 9.97 Å². The molecular weight excluding hydrogens is 270 g/mol. The van der Waals surface area contributed by atoms with E-state index >= 15 is 0 Å². The molecule has 0 saturated carbocycles. The third-order valence-corrected chi connectivity index (χ3v) is 5.86. The molecule has 0 unspecified atom stereocenters. The third kappa shape index (κ3) is 1.76. The minimum Gasteiger partial charge on any atom is -0.386 e. The molecule has 1 aliphatic heterocycles. The van der Waals surface area contributed by atoms with Crippen LogP contribution in [-0.2, 0) is 12.8 Å². The van der Waals surface area contributed by atoms with Crippen molar-refractivity contribution < 1.29 is 5.11 Å². The zero-order valence-corrected chi connectivity index (χ0v) is 12.5. The van der Waals surface area contributed by atoms with Crippen molar-refractivity contribution in [2.75, 3.05) is 18.0 Å². The van der Waals surface area contributed by atoms with E-state index in [4.69, 9.17) is 0 Å². The first-order valence-electron chi connectivity index (χ1n) is 7.43. The van der Waals surface area contributed by atoms with Crippen LogP contribution in [0.1, 0.15) is 36.6 Å². The van der Waals surface area contributed by atoms with E-state index in [1.807, 2.05) is 18.3 Å². The second-order valence-corrected chi connectivity index (χ2v) is 7.11. The second kappa shape index (κ2) is 4.40. The van der Waals surface area contributed by atoms with E-state index in [0.29, 0.717) is 13.1 Å². The van der Waals surface area contributed by atoms with Crippen LogP contribution in [0.25, 0.3) is 10.2 Å². The first kappa shape index (κ1) is 12.5. The minimum absolute atomic E-state index is 0.520. The Morgan fingerprint density at radius 2 is 2.10 bits per heavy atom. The Labute approximate surface area is 122 Å². The molecule has 1 fully saturated rings. The highest BCUT2D eigenvalue weighted by atomic mass is 32.1. The van der Waals surface area contributed by atoms with Gasteiger partial charge in [-0.15, -0.1) is 11.3 Å². The Hall–Kier alpha value is -1.20. The summed E-state index contributed by atoms with van der Waals surface area (Å²) < 4.78 is 0. The van der Waals surface area contributed by atoms with Gasteiger partial charge in [0, 0.05) is 18.0 Å². The van der Waals surface area contributed by atoms with E-state index in [-0.39, 0.29) is 0 Å². The number of aliphatic hydroxyl groups is 1. The van der Waals surface area contributed by atoms with Crippen LogP contribution in [0.15, 0.2) is 6.33 Å². The van der Waals surface area contributed by atoms with Gasteiger partial charge in [-0.1, -0.05) is 6.92 Å². The molecule has 0 atom stereocenters. The zero-order valence-electron chi connectivity index (χ0n) is 11.7. The molecule has 0 amide bonds. The quantitative estimate of drug-likeness (QED) is 0.923. The molecule has 0 spiro atoms. The van der Waals surface area contributed by atoms with Crippen LogP contribution in [0.4, 0.5) is 5.82 Å². The molecule has 5 heteroatoms. The molecular formula is C15H19N3OS. The first-order chi connectivity index (χ1) is 9.70. The molecule has 1 N–H and O–H groups in total. The van der Waals surface area contributed by atoms with Crippen molar-refractivity contribution in [2.45, 2.75) is 44.6 Å². The van der Waals surface area contributed by atoms with Gasteiger partial charge < -0.3 is 10.0 Å². The number of fused-ring (bicyclic) bond motifs is 3. The monoisotopic (exact) mass is 289 g/mol. The topological polar surface area (TPSA) is 49.2 Å². The van der Waals surface area contributed by atoms with Gasteiger partial charge in [0.1, 0.15) is 17.0 Å². The van der Waals surface area contributed by atoms with Crippen LogP contribution in [0, 0.1) is 0 Å². The van der Waals surface area contributed by atoms with Crippen LogP contribution in [0.3, 0.4) is 0 Å². The molecule has 2 aromatic heterocycles. The normalized spacial score (nSPS) is 20.8. The molecule has 0 aromatic carbocycles. The summed E-state index contributed by atoms with van der Waals surface area (Å²) in [6, 6.07) is 0. The molecule has 1 saturated heterocycles. The van der Waals surface area contributed by atoms with Gasteiger partial charge in [-0.05, 0) is 37.7 Å². The van der Waals surface area contributed by atoms with E-state index in [2.05, 4.69) is 14.9 Å². The highest BCUT2D eigenvalue weighted by molar-refractivity contribution is 7.19. The van der Waals surface area contributed by atoms with E-state index in [0.717, 1.165) is 23.5 Å². The maximum Gasteiger partial charge on any atom is 0.141 e. The van der Waals surface area contributed by atoms with Gasteiger partial charge >= 0.3 is 0 Å². The van der Waals surface area contributed by atoms with Crippen molar-refractivity contribution in [3.63, 3.8) is 0 Å². The Morgan fingerprint density at radius 3 is 2.90 bits per heavy atom. The predicted molar refractivity (Wildman–Crippen MR) is 81.5 cm³/mol. The lowest BCUT2D eigenvalue weighted by Crippen LogP contribution is -2.61. The standard InChI is InChI=1S/C15H19N3OS/c1-2-15(19)7-18(8-15)13-12-10-5-3-4-6-11(10)20-14(12)17-9-16-13/h9,19H,2-8H2,1H3. The Kier molecular flexibility index (Phi) is 2.76. The maximum atomic E-state index is 10.2. The SMILES string of the molecule is CCC1(O)CN(c2ncnc3sc4c(c23)CCCC4)C1. The summed E-state index contributed by atoms with van der Waals surface area (Å²) in [5, 5.41) is 11.5. The molecule has 2 aromatic rings. The van der Waals surface area contributed by atoms with Gasteiger partial charge in [-0.2, -0.15) is 0 Å². The zero-order chi connectivity index (χ0) is 13.7. The average Bonchev–Trinajstić information content (AvgIpc) is 2.82. The van der Waals surface area contributed by atoms with Crippen LogP contribution >= 0.6 is 11.3 Å². The van der Waals surface area contributed by atoms with Crippen molar-refractivity contribution >= 4 is 27.4 Å². The number of nitrogens with zero attached hydrogens (tertiary/aromatic N) is 3. The number of hydrogen-bond donors (Lipinski definition) is 1. The smallest absolute Gasteiger partial charge is 0.141 e. The lowest BCUT2D eigenvalue weighted by atomic mass is 9.90.